The molecule has 9 nitrogen and oxygen atoms in total. The molecule has 0 bridgehead atoms. The molecular weight excluding hydrogens is 544 g/mol. The maximum Gasteiger partial charge on any atom is 0.339 e. The van der Waals surface area contributed by atoms with Crippen molar-refractivity contribution in [3.8, 4) is 5.75 Å². The molecule has 2 fully saturated rings. The number of nitrogens with one attached hydrogen (secondary N) is 1. The topological polar surface area (TPSA) is 106 Å². The molecule has 3 aliphatic rings. The fourth-order valence-electron chi connectivity index (χ4n) is 6.08. The van der Waals surface area contributed by atoms with Crippen LogP contribution in [-0.2, 0) is 17.6 Å². The zero-order valence-corrected chi connectivity index (χ0v) is 25.1. The van der Waals surface area contributed by atoms with E-state index >= 15 is 0 Å². The quantitative estimate of drug-likeness (QED) is 0.413. The summed E-state index contributed by atoms with van der Waals surface area (Å²) in [5.74, 6) is -1.28. The Balaban J connectivity index is 0.000000314. The average molecular weight is 587 g/mol. The molecule has 0 saturated carbocycles. The van der Waals surface area contributed by atoms with Gasteiger partial charge in [-0.05, 0) is 92.4 Å². The molecule has 0 spiro atoms. The van der Waals surface area contributed by atoms with Gasteiger partial charge in [-0.2, -0.15) is 0 Å². The summed E-state index contributed by atoms with van der Waals surface area (Å²) in [5.41, 5.74) is 7.52. The third kappa shape index (κ3) is 7.47. The number of para-hydroxylation sites is 1. The minimum absolute atomic E-state index is 0.0331. The number of benzene rings is 3. The molecule has 3 aromatic rings. The molecule has 3 aromatic carbocycles. The molecule has 2 aliphatic heterocycles. The Morgan fingerprint density at radius 2 is 1.56 bits per heavy atom. The number of anilines is 2. The number of carboxylic acids is 1. The van der Waals surface area contributed by atoms with Crippen LogP contribution in [0.25, 0.3) is 0 Å². The first-order chi connectivity index (χ1) is 20.8. The number of aromatic carboxylic acids is 1. The first-order valence-electron chi connectivity index (χ1n) is 15.1. The highest BCUT2D eigenvalue weighted by Gasteiger charge is 2.27. The zero-order valence-electron chi connectivity index (χ0n) is 25.1. The monoisotopic (exact) mass is 586 g/mol. The van der Waals surface area contributed by atoms with Gasteiger partial charge in [-0.15, -0.1) is 0 Å². The minimum Gasteiger partial charge on any atom is -0.507 e. The zero-order chi connectivity index (χ0) is 30.3. The third-order valence-electron chi connectivity index (χ3n) is 8.65. The van der Waals surface area contributed by atoms with Crippen LogP contribution in [0.2, 0.25) is 0 Å². The lowest BCUT2D eigenvalue weighted by atomic mass is 9.84. The van der Waals surface area contributed by atoms with Crippen LogP contribution in [-0.4, -0.2) is 92.6 Å². The first-order valence-corrected chi connectivity index (χ1v) is 15.1. The normalized spacial score (nSPS) is 18.7. The Bertz CT molecular complexity index is 1410. The molecule has 228 valence electrons. The van der Waals surface area contributed by atoms with E-state index in [-0.39, 0.29) is 23.3 Å². The second-order valence-corrected chi connectivity index (χ2v) is 11.5. The molecule has 1 aliphatic carbocycles. The maximum absolute atomic E-state index is 13.0. The maximum atomic E-state index is 13.0. The fraction of sp³-hybridized carbons (Fsp3) is 0.412. The van der Waals surface area contributed by atoms with E-state index in [9.17, 15) is 9.59 Å². The van der Waals surface area contributed by atoms with Gasteiger partial charge < -0.3 is 35.0 Å². The number of amides is 1. The second-order valence-electron chi connectivity index (χ2n) is 11.5. The molecule has 6 rings (SSSR count). The van der Waals surface area contributed by atoms with Crippen molar-refractivity contribution in [2.75, 3.05) is 69.3 Å². The number of fused-ring (bicyclic) bond motifs is 1. The molecule has 2 heterocycles. The van der Waals surface area contributed by atoms with Gasteiger partial charge >= 0.3 is 5.97 Å². The SMILES string of the molecule is Cc1ccc(N2CCN(C)CC2)c2c1CC[C@@H](NC(=O)c1ccc(N3CCOCC3)cc1)C2.O=C(O)c1ccccc1O. The highest BCUT2D eigenvalue weighted by Crippen LogP contribution is 2.33. The van der Waals surface area contributed by atoms with Crippen LogP contribution >= 0.6 is 0 Å². The van der Waals surface area contributed by atoms with E-state index in [4.69, 9.17) is 14.9 Å². The van der Waals surface area contributed by atoms with E-state index in [0.717, 1.165) is 83.0 Å². The molecular formula is C34H42N4O5. The predicted octanol–water partition coefficient (Wildman–Crippen LogP) is 3.96. The van der Waals surface area contributed by atoms with Gasteiger partial charge in [0.1, 0.15) is 11.3 Å². The van der Waals surface area contributed by atoms with Gasteiger partial charge in [0.25, 0.3) is 5.91 Å². The van der Waals surface area contributed by atoms with Crippen LogP contribution in [0.3, 0.4) is 0 Å². The number of nitrogens with zero attached hydrogens (tertiary/aromatic N) is 3. The molecule has 1 atom stereocenters. The van der Waals surface area contributed by atoms with Crippen molar-refractivity contribution in [2.45, 2.75) is 32.2 Å². The smallest absolute Gasteiger partial charge is 0.339 e. The van der Waals surface area contributed by atoms with Gasteiger partial charge in [0.05, 0.1) is 13.2 Å². The Morgan fingerprint density at radius 1 is 0.860 bits per heavy atom. The van der Waals surface area contributed by atoms with Crippen molar-refractivity contribution in [3.05, 3.63) is 88.5 Å². The number of carboxylic acid groups (broad SMARTS) is 1. The van der Waals surface area contributed by atoms with Crippen molar-refractivity contribution in [2.24, 2.45) is 0 Å². The van der Waals surface area contributed by atoms with Crippen molar-refractivity contribution in [1.29, 1.82) is 0 Å². The number of aryl methyl sites for hydroxylation is 1. The summed E-state index contributed by atoms with van der Waals surface area (Å²) in [6, 6.07) is 18.6. The number of piperazine rings is 1. The van der Waals surface area contributed by atoms with Crippen molar-refractivity contribution >= 4 is 23.3 Å². The molecule has 1 amide bonds. The summed E-state index contributed by atoms with van der Waals surface area (Å²) in [5, 5.41) is 20.6. The van der Waals surface area contributed by atoms with E-state index in [1.807, 2.05) is 12.1 Å². The highest BCUT2D eigenvalue weighted by atomic mass is 16.5. The van der Waals surface area contributed by atoms with E-state index in [1.54, 1.807) is 12.1 Å². The number of hydrogen-bond acceptors (Lipinski definition) is 7. The fourth-order valence-corrected chi connectivity index (χ4v) is 6.08. The molecule has 3 N–H and O–H groups in total. The Hall–Kier alpha value is -4.08. The van der Waals surface area contributed by atoms with Gasteiger partial charge in [-0.1, -0.05) is 18.2 Å². The molecule has 0 aromatic heterocycles. The van der Waals surface area contributed by atoms with Crippen molar-refractivity contribution in [1.82, 2.24) is 10.2 Å². The summed E-state index contributed by atoms with van der Waals surface area (Å²) in [4.78, 5) is 30.5. The van der Waals surface area contributed by atoms with E-state index in [2.05, 4.69) is 58.3 Å². The number of aromatic hydroxyl groups is 1. The number of phenols is 1. The lowest BCUT2D eigenvalue weighted by Gasteiger charge is -2.37. The van der Waals surface area contributed by atoms with Gasteiger partial charge in [-0.25, -0.2) is 4.79 Å². The Labute approximate surface area is 253 Å². The van der Waals surface area contributed by atoms with Gasteiger partial charge in [-0.3, -0.25) is 4.79 Å². The lowest BCUT2D eigenvalue weighted by molar-refractivity contribution is 0.0693. The van der Waals surface area contributed by atoms with Crippen molar-refractivity contribution in [3.63, 3.8) is 0 Å². The summed E-state index contributed by atoms with van der Waals surface area (Å²) < 4.78 is 5.44. The van der Waals surface area contributed by atoms with E-state index in [0.29, 0.717) is 0 Å². The van der Waals surface area contributed by atoms with E-state index in [1.165, 1.54) is 34.5 Å². The second kappa shape index (κ2) is 13.9. The number of likely N-dealkylation sites (N-methyl/N-ethyl adjacent to an activating group) is 1. The van der Waals surface area contributed by atoms with Crippen LogP contribution in [0.4, 0.5) is 11.4 Å². The highest BCUT2D eigenvalue weighted by molar-refractivity contribution is 5.94. The largest absolute Gasteiger partial charge is 0.507 e. The molecule has 0 unspecified atom stereocenters. The standard InChI is InChI=1S/C27H36N4O2.C7H6O3/c1-20-3-10-26(31-13-11-29(2)12-14-31)25-19-22(6-9-24(20)25)28-27(32)21-4-7-23(8-5-21)30-15-17-33-18-16-30;8-6-4-2-1-3-5(6)7(9)10/h3-5,7-8,10,22H,6,9,11-19H2,1-2H3,(H,28,32);1-4,8H,(H,9,10)/t22-;/m1./s1. The summed E-state index contributed by atoms with van der Waals surface area (Å²) in [6.07, 6.45) is 2.94. The number of hydrogen-bond donors (Lipinski definition) is 3. The van der Waals surface area contributed by atoms with E-state index < -0.39 is 5.97 Å². The van der Waals surface area contributed by atoms with Gasteiger partial charge in [0.15, 0.2) is 0 Å². The Morgan fingerprint density at radius 3 is 2.21 bits per heavy atom. The Kier molecular flexibility index (Phi) is 9.84. The van der Waals surface area contributed by atoms with Gasteiger partial charge in [0.2, 0.25) is 0 Å². The third-order valence-corrected chi connectivity index (χ3v) is 8.65. The van der Waals surface area contributed by atoms with Crippen molar-refractivity contribution < 1.29 is 24.5 Å². The molecule has 0 radical (unpaired) electrons. The summed E-state index contributed by atoms with van der Waals surface area (Å²) in [7, 11) is 2.20. The predicted molar refractivity (Wildman–Crippen MR) is 169 cm³/mol. The first kappa shape index (κ1) is 30.4. The molecule has 43 heavy (non-hydrogen) atoms. The van der Waals surface area contributed by atoms with Gasteiger partial charge in [0, 0.05) is 62.2 Å². The van der Waals surface area contributed by atoms with Crippen LogP contribution < -0.4 is 15.1 Å². The number of carbonyl (C=O) groups is 2. The summed E-state index contributed by atoms with van der Waals surface area (Å²) in [6.45, 7) is 9.90. The van der Waals surface area contributed by atoms with Crippen LogP contribution in [0.5, 0.6) is 5.75 Å². The van der Waals surface area contributed by atoms with Crippen LogP contribution in [0.15, 0.2) is 60.7 Å². The minimum atomic E-state index is -1.11. The van der Waals surface area contributed by atoms with Crippen LogP contribution in [0, 0.1) is 6.92 Å². The lowest BCUT2D eigenvalue weighted by Crippen LogP contribution is -2.45. The summed E-state index contributed by atoms with van der Waals surface area (Å²) >= 11 is 0. The number of carbonyl (C=O) groups excluding carboxylic acids is 1. The molecule has 2 saturated heterocycles. The molecule has 9 heteroatoms. The average Bonchev–Trinajstić information content (AvgIpc) is 3.03. The number of ether oxygens (including phenoxy) is 1. The van der Waals surface area contributed by atoms with Crippen LogP contribution in [0.1, 0.15) is 43.8 Å². The number of morpholine rings is 1. The number of rotatable bonds is 5.